The van der Waals surface area contributed by atoms with E-state index in [2.05, 4.69) is 31.0 Å². The highest BCUT2D eigenvalue weighted by molar-refractivity contribution is 4.88. The summed E-state index contributed by atoms with van der Waals surface area (Å²) in [7, 11) is 0. The van der Waals surface area contributed by atoms with Crippen molar-refractivity contribution in [3.63, 3.8) is 0 Å². The first-order valence-electron chi connectivity index (χ1n) is 8.97. The summed E-state index contributed by atoms with van der Waals surface area (Å²) >= 11 is 0. The lowest BCUT2D eigenvalue weighted by Crippen LogP contribution is -2.41. The second kappa shape index (κ2) is 7.26. The van der Waals surface area contributed by atoms with Crippen molar-refractivity contribution in [2.75, 3.05) is 26.2 Å². The van der Waals surface area contributed by atoms with E-state index in [1.807, 2.05) is 0 Å². The molecule has 0 amide bonds. The van der Waals surface area contributed by atoms with E-state index in [0.717, 1.165) is 5.41 Å². The van der Waals surface area contributed by atoms with Crippen LogP contribution >= 0.6 is 0 Å². The lowest BCUT2D eigenvalue weighted by atomic mass is 9.68. The van der Waals surface area contributed by atoms with Crippen molar-refractivity contribution >= 4 is 0 Å². The zero-order valence-electron chi connectivity index (χ0n) is 14.1. The van der Waals surface area contributed by atoms with E-state index in [9.17, 15) is 0 Å². The second-order valence-electron chi connectivity index (χ2n) is 8.29. The van der Waals surface area contributed by atoms with Crippen LogP contribution in [0.2, 0.25) is 0 Å². The molecule has 0 aromatic rings. The topological polar surface area (TPSA) is 15.3 Å². The quantitative estimate of drug-likeness (QED) is 0.759. The molecular formula is C18H36N2. The van der Waals surface area contributed by atoms with Crippen LogP contribution in [0.4, 0.5) is 0 Å². The van der Waals surface area contributed by atoms with Gasteiger partial charge in [-0.2, -0.15) is 0 Å². The molecule has 1 aliphatic carbocycles. The van der Waals surface area contributed by atoms with Crippen LogP contribution in [0.25, 0.3) is 0 Å². The molecule has 1 saturated heterocycles. The van der Waals surface area contributed by atoms with Gasteiger partial charge in [0.1, 0.15) is 0 Å². The monoisotopic (exact) mass is 280 g/mol. The first-order valence-corrected chi connectivity index (χ1v) is 8.97. The Kier molecular flexibility index (Phi) is 5.92. The van der Waals surface area contributed by atoms with E-state index in [-0.39, 0.29) is 5.54 Å². The van der Waals surface area contributed by atoms with Gasteiger partial charge in [-0.15, -0.1) is 0 Å². The Labute approximate surface area is 126 Å². The van der Waals surface area contributed by atoms with Crippen molar-refractivity contribution < 1.29 is 0 Å². The van der Waals surface area contributed by atoms with E-state index in [1.165, 1.54) is 84.0 Å². The van der Waals surface area contributed by atoms with E-state index in [1.54, 1.807) is 0 Å². The van der Waals surface area contributed by atoms with Crippen molar-refractivity contribution in [1.82, 2.24) is 10.2 Å². The zero-order valence-corrected chi connectivity index (χ0v) is 14.1. The molecule has 2 heteroatoms. The molecule has 0 atom stereocenters. The number of rotatable bonds is 5. The summed E-state index contributed by atoms with van der Waals surface area (Å²) in [4.78, 5) is 2.72. The van der Waals surface area contributed by atoms with Crippen LogP contribution in [0.15, 0.2) is 0 Å². The van der Waals surface area contributed by atoms with Crippen molar-refractivity contribution in [3.8, 4) is 0 Å². The van der Waals surface area contributed by atoms with Gasteiger partial charge in [0, 0.05) is 5.54 Å². The Hall–Kier alpha value is -0.0800. The minimum Gasteiger partial charge on any atom is -0.312 e. The van der Waals surface area contributed by atoms with Crippen LogP contribution in [-0.4, -0.2) is 36.6 Å². The maximum atomic E-state index is 3.59. The molecule has 0 aromatic heterocycles. The molecule has 1 saturated carbocycles. The standard InChI is InChI=1S/C18H36N2/c1-17(2,3)19-13-7-8-14-20-15-11-18(12-16-20)9-5-4-6-10-18/h19H,4-16H2,1-3H3. The fourth-order valence-corrected chi connectivity index (χ4v) is 3.98. The largest absolute Gasteiger partial charge is 0.312 e. The fraction of sp³-hybridized carbons (Fsp3) is 1.00. The van der Waals surface area contributed by atoms with Crippen LogP contribution < -0.4 is 5.32 Å². The van der Waals surface area contributed by atoms with E-state index in [4.69, 9.17) is 0 Å². The third-order valence-electron chi connectivity index (χ3n) is 5.39. The highest BCUT2D eigenvalue weighted by Crippen LogP contribution is 2.44. The molecule has 2 fully saturated rings. The van der Waals surface area contributed by atoms with Gasteiger partial charge in [0.25, 0.3) is 0 Å². The molecule has 0 bridgehead atoms. The SMILES string of the molecule is CC(C)(C)NCCCCN1CCC2(CCCCC2)CC1. The Balaban J connectivity index is 1.56. The first-order chi connectivity index (χ1) is 9.49. The molecule has 0 radical (unpaired) electrons. The summed E-state index contributed by atoms with van der Waals surface area (Å²) in [6.45, 7) is 12.0. The van der Waals surface area contributed by atoms with Gasteiger partial charge in [0.2, 0.25) is 0 Å². The smallest absolute Gasteiger partial charge is 0.00965 e. The summed E-state index contributed by atoms with van der Waals surface area (Å²) in [6.07, 6.45) is 13.2. The minimum absolute atomic E-state index is 0.276. The maximum absolute atomic E-state index is 3.59. The lowest BCUT2D eigenvalue weighted by Gasteiger charge is -2.44. The molecule has 0 aromatic carbocycles. The molecule has 1 aliphatic heterocycles. The lowest BCUT2D eigenvalue weighted by molar-refractivity contribution is 0.0670. The van der Waals surface area contributed by atoms with Gasteiger partial charge in [-0.3, -0.25) is 0 Å². The van der Waals surface area contributed by atoms with Crippen molar-refractivity contribution in [2.24, 2.45) is 5.41 Å². The predicted octanol–water partition coefficient (Wildman–Crippen LogP) is 4.20. The van der Waals surface area contributed by atoms with Gasteiger partial charge >= 0.3 is 0 Å². The van der Waals surface area contributed by atoms with Gasteiger partial charge in [-0.25, -0.2) is 0 Å². The highest BCUT2D eigenvalue weighted by atomic mass is 15.1. The molecule has 20 heavy (non-hydrogen) atoms. The summed E-state index contributed by atoms with van der Waals surface area (Å²) < 4.78 is 0. The minimum atomic E-state index is 0.276. The van der Waals surface area contributed by atoms with Crippen LogP contribution in [0.1, 0.15) is 78.6 Å². The molecule has 118 valence electrons. The summed E-state index contributed by atoms with van der Waals surface area (Å²) in [6, 6.07) is 0. The summed E-state index contributed by atoms with van der Waals surface area (Å²) in [5.41, 5.74) is 1.04. The number of hydrogen-bond donors (Lipinski definition) is 1. The molecule has 2 rings (SSSR count). The Morgan fingerprint density at radius 2 is 1.55 bits per heavy atom. The Morgan fingerprint density at radius 1 is 0.900 bits per heavy atom. The second-order valence-corrected chi connectivity index (χ2v) is 8.29. The van der Waals surface area contributed by atoms with E-state index < -0.39 is 0 Å². The van der Waals surface area contributed by atoms with Gasteiger partial charge < -0.3 is 10.2 Å². The molecule has 2 nitrogen and oxygen atoms in total. The molecule has 1 N–H and O–H groups in total. The number of likely N-dealkylation sites (tertiary alicyclic amines) is 1. The van der Waals surface area contributed by atoms with Crippen molar-refractivity contribution in [2.45, 2.75) is 84.1 Å². The van der Waals surface area contributed by atoms with Crippen LogP contribution in [0, 0.1) is 5.41 Å². The Bertz CT molecular complexity index is 264. The highest BCUT2D eigenvalue weighted by Gasteiger charge is 2.35. The summed E-state index contributed by atoms with van der Waals surface area (Å²) in [5.74, 6) is 0. The van der Waals surface area contributed by atoms with Gasteiger partial charge in [0.05, 0.1) is 0 Å². The Morgan fingerprint density at radius 3 is 2.15 bits per heavy atom. The third-order valence-corrected chi connectivity index (χ3v) is 5.39. The molecule has 0 unspecified atom stereocenters. The summed E-state index contributed by atoms with van der Waals surface area (Å²) in [5, 5.41) is 3.59. The normalized spacial score (nSPS) is 24.1. The van der Waals surface area contributed by atoms with Gasteiger partial charge in [0.15, 0.2) is 0 Å². The first kappa shape index (κ1) is 16.3. The van der Waals surface area contributed by atoms with E-state index >= 15 is 0 Å². The van der Waals surface area contributed by atoms with Gasteiger partial charge in [-0.05, 0) is 90.9 Å². The molecule has 1 spiro atoms. The number of unbranched alkanes of at least 4 members (excludes halogenated alkanes) is 1. The average molecular weight is 280 g/mol. The predicted molar refractivity (Wildman–Crippen MR) is 88.2 cm³/mol. The van der Waals surface area contributed by atoms with Gasteiger partial charge in [-0.1, -0.05) is 19.3 Å². The third kappa shape index (κ3) is 5.37. The van der Waals surface area contributed by atoms with E-state index in [0.29, 0.717) is 0 Å². The number of nitrogens with one attached hydrogen (secondary N) is 1. The fourth-order valence-electron chi connectivity index (χ4n) is 3.98. The zero-order chi connectivity index (χ0) is 14.5. The maximum Gasteiger partial charge on any atom is 0.00965 e. The average Bonchev–Trinajstić information content (AvgIpc) is 2.40. The van der Waals surface area contributed by atoms with Crippen LogP contribution in [-0.2, 0) is 0 Å². The number of hydrogen-bond acceptors (Lipinski definition) is 2. The van der Waals surface area contributed by atoms with Crippen LogP contribution in [0.5, 0.6) is 0 Å². The molecular weight excluding hydrogens is 244 g/mol. The number of piperidine rings is 1. The molecule has 1 heterocycles. The van der Waals surface area contributed by atoms with Crippen molar-refractivity contribution in [1.29, 1.82) is 0 Å². The van der Waals surface area contributed by atoms with Crippen molar-refractivity contribution in [3.05, 3.63) is 0 Å². The van der Waals surface area contributed by atoms with Crippen LogP contribution in [0.3, 0.4) is 0 Å². The number of nitrogens with zero attached hydrogens (tertiary/aromatic N) is 1. The molecule has 2 aliphatic rings.